The van der Waals surface area contributed by atoms with Crippen LogP contribution in [0.3, 0.4) is 0 Å². The van der Waals surface area contributed by atoms with Gasteiger partial charge >= 0.3 is 0 Å². The molecule has 1 unspecified atom stereocenters. The standard InChI is InChI=1S/C11H15N3OS/c1-8(6-15-3)14(2)10-9-4-5-16-11(9)13-7-12-10/h4-5,7-8H,6H2,1-3H3. The average Bonchev–Trinajstić information content (AvgIpc) is 2.76. The lowest BCUT2D eigenvalue weighted by Gasteiger charge is -2.25. The molecular formula is C11H15N3OS. The van der Waals surface area contributed by atoms with Gasteiger partial charge in [-0.25, -0.2) is 9.97 Å². The molecule has 0 aliphatic heterocycles. The number of ether oxygens (including phenoxy) is 1. The molecule has 0 saturated carbocycles. The number of likely N-dealkylation sites (N-methyl/N-ethyl adjacent to an activating group) is 1. The van der Waals surface area contributed by atoms with Crippen LogP contribution >= 0.6 is 11.3 Å². The SMILES string of the molecule is COCC(C)N(C)c1ncnc2sccc12. The van der Waals surface area contributed by atoms with Crippen molar-refractivity contribution in [2.45, 2.75) is 13.0 Å². The normalized spacial score (nSPS) is 12.9. The molecule has 2 aromatic rings. The number of fused-ring (bicyclic) bond motifs is 1. The Morgan fingerprint density at radius 2 is 2.31 bits per heavy atom. The maximum Gasteiger partial charge on any atom is 0.140 e. The Hall–Kier alpha value is -1.20. The summed E-state index contributed by atoms with van der Waals surface area (Å²) in [5.74, 6) is 0.968. The number of hydrogen-bond donors (Lipinski definition) is 0. The topological polar surface area (TPSA) is 38.2 Å². The zero-order valence-corrected chi connectivity index (χ0v) is 10.5. The molecule has 0 spiro atoms. The fraction of sp³-hybridized carbons (Fsp3) is 0.455. The van der Waals surface area contributed by atoms with Crippen molar-refractivity contribution < 1.29 is 4.74 Å². The maximum absolute atomic E-state index is 5.16. The Morgan fingerprint density at radius 3 is 3.06 bits per heavy atom. The molecule has 86 valence electrons. The molecule has 0 radical (unpaired) electrons. The van der Waals surface area contributed by atoms with Crippen LogP contribution in [-0.4, -0.2) is 36.8 Å². The molecule has 0 aliphatic rings. The van der Waals surface area contributed by atoms with Gasteiger partial charge in [-0.15, -0.1) is 11.3 Å². The highest BCUT2D eigenvalue weighted by molar-refractivity contribution is 7.16. The van der Waals surface area contributed by atoms with E-state index in [0.29, 0.717) is 12.6 Å². The van der Waals surface area contributed by atoms with Gasteiger partial charge in [-0.05, 0) is 18.4 Å². The van der Waals surface area contributed by atoms with Gasteiger partial charge in [-0.1, -0.05) is 0 Å². The van der Waals surface area contributed by atoms with E-state index in [4.69, 9.17) is 4.74 Å². The Bertz CT molecular complexity index is 471. The van der Waals surface area contributed by atoms with Gasteiger partial charge in [0.05, 0.1) is 18.0 Å². The van der Waals surface area contributed by atoms with Gasteiger partial charge in [0.2, 0.25) is 0 Å². The highest BCUT2D eigenvalue weighted by Crippen LogP contribution is 2.26. The third-order valence-electron chi connectivity index (χ3n) is 2.64. The van der Waals surface area contributed by atoms with Crippen molar-refractivity contribution in [3.63, 3.8) is 0 Å². The van der Waals surface area contributed by atoms with Crippen molar-refractivity contribution in [3.8, 4) is 0 Å². The lowest BCUT2D eigenvalue weighted by atomic mass is 10.3. The summed E-state index contributed by atoms with van der Waals surface area (Å²) in [6, 6.07) is 2.36. The van der Waals surface area contributed by atoms with Crippen LogP contribution < -0.4 is 4.90 Å². The number of rotatable bonds is 4. The fourth-order valence-electron chi connectivity index (χ4n) is 1.62. The second kappa shape index (κ2) is 4.76. The van der Waals surface area contributed by atoms with E-state index in [2.05, 4.69) is 27.9 Å². The van der Waals surface area contributed by atoms with E-state index in [0.717, 1.165) is 16.0 Å². The molecule has 0 saturated heterocycles. The number of methoxy groups -OCH3 is 1. The van der Waals surface area contributed by atoms with Crippen LogP contribution in [0.1, 0.15) is 6.92 Å². The molecule has 1 atom stereocenters. The largest absolute Gasteiger partial charge is 0.383 e. The lowest BCUT2D eigenvalue weighted by molar-refractivity contribution is 0.183. The molecule has 4 nitrogen and oxygen atoms in total. The van der Waals surface area contributed by atoms with Gasteiger partial charge in [-0.2, -0.15) is 0 Å². The first-order valence-corrected chi connectivity index (χ1v) is 6.02. The molecular weight excluding hydrogens is 222 g/mol. The summed E-state index contributed by atoms with van der Waals surface area (Å²) in [4.78, 5) is 11.7. The molecule has 16 heavy (non-hydrogen) atoms. The van der Waals surface area contributed by atoms with Gasteiger partial charge in [0, 0.05) is 14.2 Å². The summed E-state index contributed by atoms with van der Waals surface area (Å²) in [5.41, 5.74) is 0. The van der Waals surface area contributed by atoms with E-state index in [1.165, 1.54) is 0 Å². The van der Waals surface area contributed by atoms with Gasteiger partial charge in [0.1, 0.15) is 17.0 Å². The predicted octanol–water partition coefficient (Wildman–Crippen LogP) is 2.16. The van der Waals surface area contributed by atoms with E-state index < -0.39 is 0 Å². The Balaban J connectivity index is 2.35. The lowest BCUT2D eigenvalue weighted by Crippen LogP contribution is -2.33. The van der Waals surface area contributed by atoms with E-state index >= 15 is 0 Å². The second-order valence-corrected chi connectivity index (χ2v) is 4.65. The van der Waals surface area contributed by atoms with Crippen molar-refractivity contribution in [3.05, 3.63) is 17.8 Å². The summed E-state index contributed by atoms with van der Waals surface area (Å²) < 4.78 is 5.16. The molecule has 0 aromatic carbocycles. The van der Waals surface area contributed by atoms with Crippen LogP contribution in [0.25, 0.3) is 10.2 Å². The third kappa shape index (κ3) is 2.01. The molecule has 2 aromatic heterocycles. The fourth-order valence-corrected chi connectivity index (χ4v) is 2.35. The van der Waals surface area contributed by atoms with Crippen molar-refractivity contribution in [2.24, 2.45) is 0 Å². The number of hydrogen-bond acceptors (Lipinski definition) is 5. The first kappa shape index (κ1) is 11.3. The van der Waals surface area contributed by atoms with Gasteiger partial charge in [0.25, 0.3) is 0 Å². The second-order valence-electron chi connectivity index (χ2n) is 3.75. The molecule has 0 aliphatic carbocycles. The van der Waals surface area contributed by atoms with Crippen LogP contribution in [0.15, 0.2) is 17.8 Å². The highest BCUT2D eigenvalue weighted by atomic mass is 32.1. The van der Waals surface area contributed by atoms with E-state index in [-0.39, 0.29) is 0 Å². The molecule has 0 N–H and O–H groups in total. The van der Waals surface area contributed by atoms with Crippen molar-refractivity contribution in [2.75, 3.05) is 25.7 Å². The summed E-state index contributed by atoms with van der Waals surface area (Å²) in [6.45, 7) is 2.80. The minimum Gasteiger partial charge on any atom is -0.383 e. The third-order valence-corrected chi connectivity index (χ3v) is 3.46. The number of thiophene rings is 1. The van der Waals surface area contributed by atoms with Crippen LogP contribution in [0.4, 0.5) is 5.82 Å². The maximum atomic E-state index is 5.16. The molecule has 0 bridgehead atoms. The minimum absolute atomic E-state index is 0.294. The molecule has 0 amide bonds. The van der Waals surface area contributed by atoms with Gasteiger partial charge in [0.15, 0.2) is 0 Å². The highest BCUT2D eigenvalue weighted by Gasteiger charge is 2.14. The first-order valence-electron chi connectivity index (χ1n) is 5.14. The van der Waals surface area contributed by atoms with Crippen molar-refractivity contribution >= 4 is 27.4 Å². The minimum atomic E-state index is 0.294. The van der Waals surface area contributed by atoms with E-state index in [9.17, 15) is 0 Å². The number of anilines is 1. The Morgan fingerprint density at radius 1 is 1.50 bits per heavy atom. The predicted molar refractivity (Wildman–Crippen MR) is 67.2 cm³/mol. The number of nitrogens with zero attached hydrogens (tertiary/aromatic N) is 3. The smallest absolute Gasteiger partial charge is 0.140 e. The zero-order chi connectivity index (χ0) is 11.5. The summed E-state index contributed by atoms with van der Waals surface area (Å²) >= 11 is 1.63. The van der Waals surface area contributed by atoms with Gasteiger partial charge in [-0.3, -0.25) is 0 Å². The monoisotopic (exact) mass is 237 g/mol. The van der Waals surface area contributed by atoms with Crippen LogP contribution in [0.2, 0.25) is 0 Å². The van der Waals surface area contributed by atoms with Crippen LogP contribution in [0, 0.1) is 0 Å². The van der Waals surface area contributed by atoms with E-state index in [1.807, 2.05) is 12.4 Å². The summed E-state index contributed by atoms with van der Waals surface area (Å²) in [5, 5.41) is 3.15. The molecule has 2 heterocycles. The Kier molecular flexibility index (Phi) is 3.36. The first-order chi connectivity index (χ1) is 7.74. The van der Waals surface area contributed by atoms with E-state index in [1.54, 1.807) is 24.8 Å². The van der Waals surface area contributed by atoms with Crippen LogP contribution in [0.5, 0.6) is 0 Å². The average molecular weight is 237 g/mol. The summed E-state index contributed by atoms with van der Waals surface area (Å²) in [7, 11) is 3.74. The Labute approximate surface area is 98.9 Å². The molecule has 0 fully saturated rings. The van der Waals surface area contributed by atoms with Crippen molar-refractivity contribution in [1.29, 1.82) is 0 Å². The summed E-state index contributed by atoms with van der Waals surface area (Å²) in [6.07, 6.45) is 1.62. The van der Waals surface area contributed by atoms with Crippen LogP contribution in [-0.2, 0) is 4.74 Å². The molecule has 2 rings (SSSR count). The molecule has 5 heteroatoms. The number of aromatic nitrogens is 2. The quantitative estimate of drug-likeness (QED) is 0.816. The zero-order valence-electron chi connectivity index (χ0n) is 9.67. The van der Waals surface area contributed by atoms with Gasteiger partial charge < -0.3 is 9.64 Å². The van der Waals surface area contributed by atoms with Crippen molar-refractivity contribution in [1.82, 2.24) is 9.97 Å².